The minimum absolute atomic E-state index is 0.207. The summed E-state index contributed by atoms with van der Waals surface area (Å²) in [7, 11) is -3.57. The van der Waals surface area contributed by atoms with Gasteiger partial charge in [-0.3, -0.25) is 4.68 Å². The van der Waals surface area contributed by atoms with Crippen molar-refractivity contribution in [2.24, 2.45) is 5.73 Å². The Morgan fingerprint density at radius 1 is 1.33 bits per heavy atom. The molecule has 0 bridgehead atoms. The third-order valence-corrected chi connectivity index (χ3v) is 4.66. The van der Waals surface area contributed by atoms with E-state index in [2.05, 4.69) is 9.82 Å². The van der Waals surface area contributed by atoms with E-state index in [4.69, 9.17) is 5.73 Å². The third kappa shape index (κ3) is 4.13. The van der Waals surface area contributed by atoms with Crippen molar-refractivity contribution in [3.63, 3.8) is 0 Å². The molecule has 2 rings (SSSR count). The molecule has 21 heavy (non-hydrogen) atoms. The summed E-state index contributed by atoms with van der Waals surface area (Å²) in [6.07, 6.45) is 3.45. The monoisotopic (exact) mass is 308 g/mol. The summed E-state index contributed by atoms with van der Waals surface area (Å²) >= 11 is 0. The second-order valence-corrected chi connectivity index (χ2v) is 6.83. The Bertz CT molecular complexity index is 681. The van der Waals surface area contributed by atoms with Crippen LogP contribution in [0.3, 0.4) is 0 Å². The van der Waals surface area contributed by atoms with Crippen molar-refractivity contribution in [3.05, 3.63) is 48.3 Å². The zero-order valence-corrected chi connectivity index (χ0v) is 12.9. The minimum atomic E-state index is -3.57. The molecule has 1 heterocycles. The van der Waals surface area contributed by atoms with Crippen molar-refractivity contribution in [2.45, 2.75) is 37.4 Å². The maximum Gasteiger partial charge on any atom is 0.240 e. The first-order chi connectivity index (χ1) is 9.88. The first kappa shape index (κ1) is 15.7. The van der Waals surface area contributed by atoms with Gasteiger partial charge in [-0.05, 0) is 37.6 Å². The minimum Gasteiger partial charge on any atom is -0.324 e. The van der Waals surface area contributed by atoms with Crippen molar-refractivity contribution in [1.82, 2.24) is 14.5 Å². The Hall–Kier alpha value is -1.70. The smallest absolute Gasteiger partial charge is 0.240 e. The van der Waals surface area contributed by atoms with Gasteiger partial charge in [0.15, 0.2) is 0 Å². The van der Waals surface area contributed by atoms with Crippen LogP contribution in [0, 0.1) is 0 Å². The fourth-order valence-corrected chi connectivity index (χ4v) is 3.31. The summed E-state index contributed by atoms with van der Waals surface area (Å²) in [6, 6.07) is 8.01. The molecule has 114 valence electrons. The molecule has 0 fully saturated rings. The molecule has 7 heteroatoms. The molecular weight excluding hydrogens is 288 g/mol. The van der Waals surface area contributed by atoms with Crippen LogP contribution in [0.15, 0.2) is 47.6 Å². The van der Waals surface area contributed by atoms with Gasteiger partial charge in [0.1, 0.15) is 0 Å². The SMILES string of the molecule is CC(Cn1cccn1)NS(=O)(=O)c1cccc(C(C)N)c1. The summed E-state index contributed by atoms with van der Waals surface area (Å²) in [5.41, 5.74) is 6.58. The van der Waals surface area contributed by atoms with Crippen LogP contribution in [0.25, 0.3) is 0 Å². The maximum absolute atomic E-state index is 12.4. The Balaban J connectivity index is 2.12. The molecule has 2 unspecified atom stereocenters. The van der Waals surface area contributed by atoms with Crippen LogP contribution in [0.4, 0.5) is 0 Å². The normalized spacial score (nSPS) is 14.8. The van der Waals surface area contributed by atoms with Gasteiger partial charge in [-0.25, -0.2) is 13.1 Å². The van der Waals surface area contributed by atoms with Crippen LogP contribution in [-0.2, 0) is 16.6 Å². The topological polar surface area (TPSA) is 90.0 Å². The van der Waals surface area contributed by atoms with Gasteiger partial charge in [-0.15, -0.1) is 0 Å². The molecular formula is C14H20N4O2S. The van der Waals surface area contributed by atoms with E-state index < -0.39 is 10.0 Å². The van der Waals surface area contributed by atoms with E-state index in [1.807, 2.05) is 13.0 Å². The predicted octanol–water partition coefficient (Wildman–Crippen LogP) is 1.27. The van der Waals surface area contributed by atoms with E-state index in [0.29, 0.717) is 6.54 Å². The molecule has 0 aliphatic rings. The summed E-state index contributed by atoms with van der Waals surface area (Å²) in [5.74, 6) is 0. The fraction of sp³-hybridized carbons (Fsp3) is 0.357. The van der Waals surface area contributed by atoms with Gasteiger partial charge < -0.3 is 5.73 Å². The van der Waals surface area contributed by atoms with Crippen molar-refractivity contribution in [1.29, 1.82) is 0 Å². The maximum atomic E-state index is 12.4. The molecule has 6 nitrogen and oxygen atoms in total. The number of nitrogens with two attached hydrogens (primary N) is 1. The van der Waals surface area contributed by atoms with Gasteiger partial charge in [-0.1, -0.05) is 12.1 Å². The van der Waals surface area contributed by atoms with Gasteiger partial charge in [0.25, 0.3) is 0 Å². The Kier molecular flexibility index (Phi) is 4.76. The highest BCUT2D eigenvalue weighted by atomic mass is 32.2. The van der Waals surface area contributed by atoms with E-state index in [-0.39, 0.29) is 17.0 Å². The number of hydrogen-bond acceptors (Lipinski definition) is 4. The van der Waals surface area contributed by atoms with Crippen molar-refractivity contribution >= 4 is 10.0 Å². The largest absolute Gasteiger partial charge is 0.324 e. The first-order valence-electron chi connectivity index (χ1n) is 6.74. The summed E-state index contributed by atoms with van der Waals surface area (Å²) < 4.78 is 29.1. The molecule has 1 aromatic heterocycles. The third-order valence-electron chi connectivity index (χ3n) is 3.07. The van der Waals surface area contributed by atoms with Crippen molar-refractivity contribution in [2.75, 3.05) is 0 Å². The van der Waals surface area contributed by atoms with E-state index in [1.54, 1.807) is 48.3 Å². The second-order valence-electron chi connectivity index (χ2n) is 5.11. The number of hydrogen-bond donors (Lipinski definition) is 2. The lowest BCUT2D eigenvalue weighted by atomic mass is 10.1. The highest BCUT2D eigenvalue weighted by Crippen LogP contribution is 2.16. The van der Waals surface area contributed by atoms with Gasteiger partial charge in [0.2, 0.25) is 10.0 Å². The van der Waals surface area contributed by atoms with Crippen molar-refractivity contribution in [3.8, 4) is 0 Å². The predicted molar refractivity (Wildman–Crippen MR) is 81.1 cm³/mol. The lowest BCUT2D eigenvalue weighted by molar-refractivity contribution is 0.494. The molecule has 1 aromatic carbocycles. The van der Waals surface area contributed by atoms with Gasteiger partial charge in [0, 0.05) is 24.5 Å². The van der Waals surface area contributed by atoms with Crippen LogP contribution in [0.2, 0.25) is 0 Å². The number of nitrogens with one attached hydrogen (secondary N) is 1. The highest BCUT2D eigenvalue weighted by molar-refractivity contribution is 7.89. The van der Waals surface area contributed by atoms with E-state index in [1.165, 1.54) is 0 Å². The fourth-order valence-electron chi connectivity index (χ4n) is 2.02. The highest BCUT2D eigenvalue weighted by Gasteiger charge is 2.18. The number of sulfonamides is 1. The second kappa shape index (κ2) is 6.38. The molecule has 0 amide bonds. The average Bonchev–Trinajstić information content (AvgIpc) is 2.91. The van der Waals surface area contributed by atoms with Crippen molar-refractivity contribution < 1.29 is 8.42 Å². The Morgan fingerprint density at radius 3 is 2.71 bits per heavy atom. The number of benzene rings is 1. The zero-order chi connectivity index (χ0) is 15.5. The van der Waals surface area contributed by atoms with Gasteiger partial charge >= 0.3 is 0 Å². The number of rotatable bonds is 6. The lowest BCUT2D eigenvalue weighted by Crippen LogP contribution is -2.35. The quantitative estimate of drug-likeness (QED) is 0.841. The van der Waals surface area contributed by atoms with E-state index >= 15 is 0 Å². The Labute approximate surface area is 125 Å². The molecule has 0 saturated heterocycles. The molecule has 0 radical (unpaired) electrons. The molecule has 3 N–H and O–H groups in total. The summed E-state index contributed by atoms with van der Waals surface area (Å²) in [5, 5.41) is 4.06. The molecule has 0 spiro atoms. The Morgan fingerprint density at radius 2 is 2.10 bits per heavy atom. The van der Waals surface area contributed by atoms with Gasteiger partial charge in [0.05, 0.1) is 11.4 Å². The van der Waals surface area contributed by atoms with Crippen LogP contribution in [0.1, 0.15) is 25.5 Å². The molecule has 0 aliphatic heterocycles. The van der Waals surface area contributed by atoms with Gasteiger partial charge in [-0.2, -0.15) is 5.10 Å². The van der Waals surface area contributed by atoms with E-state index in [0.717, 1.165) is 5.56 Å². The first-order valence-corrected chi connectivity index (χ1v) is 8.22. The van der Waals surface area contributed by atoms with E-state index in [9.17, 15) is 8.42 Å². The lowest BCUT2D eigenvalue weighted by Gasteiger charge is -2.15. The summed E-state index contributed by atoms with van der Waals surface area (Å²) in [6.45, 7) is 4.09. The van der Waals surface area contributed by atoms with Crippen LogP contribution >= 0.6 is 0 Å². The molecule has 2 aromatic rings. The zero-order valence-electron chi connectivity index (χ0n) is 12.1. The summed E-state index contributed by atoms with van der Waals surface area (Å²) in [4.78, 5) is 0.226. The van der Waals surface area contributed by atoms with Crippen LogP contribution in [-0.4, -0.2) is 24.2 Å². The average molecular weight is 308 g/mol. The molecule has 0 aliphatic carbocycles. The van der Waals surface area contributed by atoms with Crippen LogP contribution in [0.5, 0.6) is 0 Å². The molecule has 0 saturated carbocycles. The van der Waals surface area contributed by atoms with Crippen LogP contribution < -0.4 is 10.5 Å². The standard InChI is InChI=1S/C14H20N4O2S/c1-11(10-18-8-4-7-16-18)17-21(19,20)14-6-3-5-13(9-14)12(2)15/h3-9,11-12,17H,10,15H2,1-2H3. The molecule has 2 atom stereocenters. The number of nitrogens with zero attached hydrogens (tertiary/aromatic N) is 2. The number of aromatic nitrogens is 2.